The van der Waals surface area contributed by atoms with Crippen molar-refractivity contribution in [3.05, 3.63) is 58.1 Å². The number of hydrogen-bond donors (Lipinski definition) is 1. The first-order valence-corrected chi connectivity index (χ1v) is 10.5. The maximum absolute atomic E-state index is 6.43. The lowest BCUT2D eigenvalue weighted by Crippen LogP contribution is -2.47. The SMILES string of the molecule is COc1cc(Cl)ccc1NC(=S)N(Cc1ccccc1Cl)C1CCN(C)CC1. The van der Waals surface area contributed by atoms with Gasteiger partial charge in [0.15, 0.2) is 5.11 Å². The van der Waals surface area contributed by atoms with Gasteiger partial charge in [0.25, 0.3) is 0 Å². The van der Waals surface area contributed by atoms with E-state index in [4.69, 9.17) is 40.2 Å². The lowest BCUT2D eigenvalue weighted by atomic mass is 10.0. The first kappa shape index (κ1) is 21.2. The number of piperidine rings is 1. The molecule has 0 spiro atoms. The number of halogens is 2. The Labute approximate surface area is 182 Å². The van der Waals surface area contributed by atoms with E-state index in [-0.39, 0.29) is 0 Å². The van der Waals surface area contributed by atoms with Crippen molar-refractivity contribution in [2.45, 2.75) is 25.4 Å². The maximum Gasteiger partial charge on any atom is 0.174 e. The smallest absolute Gasteiger partial charge is 0.174 e. The fourth-order valence-electron chi connectivity index (χ4n) is 3.44. The van der Waals surface area contributed by atoms with Gasteiger partial charge in [-0.15, -0.1) is 0 Å². The molecule has 0 saturated carbocycles. The fraction of sp³-hybridized carbons (Fsp3) is 0.381. The van der Waals surface area contributed by atoms with Crippen LogP contribution in [-0.2, 0) is 6.54 Å². The lowest BCUT2D eigenvalue weighted by molar-refractivity contribution is 0.173. The molecule has 1 aliphatic rings. The molecule has 1 aliphatic heterocycles. The second-order valence-corrected chi connectivity index (χ2v) is 8.26. The summed E-state index contributed by atoms with van der Waals surface area (Å²) >= 11 is 18.3. The summed E-state index contributed by atoms with van der Waals surface area (Å²) in [6.07, 6.45) is 2.11. The molecule has 1 saturated heterocycles. The van der Waals surface area contributed by atoms with Crippen LogP contribution in [0.25, 0.3) is 0 Å². The van der Waals surface area contributed by atoms with Crippen LogP contribution in [0.15, 0.2) is 42.5 Å². The number of likely N-dealkylation sites (tertiary alicyclic amines) is 1. The molecule has 1 N–H and O–H groups in total. The third-order valence-corrected chi connectivity index (χ3v) is 6.03. The molecule has 1 heterocycles. The molecule has 7 heteroatoms. The first-order chi connectivity index (χ1) is 13.5. The minimum atomic E-state index is 0.353. The number of rotatable bonds is 5. The Kier molecular flexibility index (Phi) is 7.41. The van der Waals surface area contributed by atoms with Crippen molar-refractivity contribution < 1.29 is 4.74 Å². The van der Waals surface area contributed by atoms with Crippen LogP contribution in [0, 0.1) is 0 Å². The molecule has 0 atom stereocenters. The van der Waals surface area contributed by atoms with Gasteiger partial charge < -0.3 is 19.9 Å². The number of benzene rings is 2. The Morgan fingerprint density at radius 2 is 1.93 bits per heavy atom. The molecule has 4 nitrogen and oxygen atoms in total. The number of nitrogens with zero attached hydrogens (tertiary/aromatic N) is 2. The summed E-state index contributed by atoms with van der Waals surface area (Å²) in [5.74, 6) is 0.663. The monoisotopic (exact) mass is 437 g/mol. The number of anilines is 1. The second-order valence-electron chi connectivity index (χ2n) is 7.03. The summed E-state index contributed by atoms with van der Waals surface area (Å²) in [5, 5.41) is 5.39. The molecule has 0 aliphatic carbocycles. The molecule has 0 unspecified atom stereocenters. The lowest BCUT2D eigenvalue weighted by Gasteiger charge is -2.39. The molecule has 2 aromatic carbocycles. The van der Waals surface area contributed by atoms with E-state index in [0.29, 0.717) is 28.5 Å². The Morgan fingerprint density at radius 3 is 2.61 bits per heavy atom. The molecule has 0 bridgehead atoms. The van der Waals surface area contributed by atoms with Gasteiger partial charge in [-0.1, -0.05) is 41.4 Å². The molecular formula is C21H25Cl2N3OS. The van der Waals surface area contributed by atoms with Crippen molar-refractivity contribution in [1.82, 2.24) is 9.80 Å². The van der Waals surface area contributed by atoms with Crippen LogP contribution < -0.4 is 10.1 Å². The Balaban J connectivity index is 1.83. The second kappa shape index (κ2) is 9.79. The van der Waals surface area contributed by atoms with Gasteiger partial charge in [-0.05, 0) is 69.0 Å². The predicted octanol–water partition coefficient (Wildman–Crippen LogP) is 5.30. The van der Waals surface area contributed by atoms with Crippen molar-refractivity contribution >= 4 is 46.2 Å². The predicted molar refractivity (Wildman–Crippen MR) is 122 cm³/mol. The summed E-state index contributed by atoms with van der Waals surface area (Å²) in [6, 6.07) is 13.8. The van der Waals surface area contributed by atoms with Gasteiger partial charge in [-0.3, -0.25) is 0 Å². The van der Waals surface area contributed by atoms with Crippen LogP contribution in [0.1, 0.15) is 18.4 Å². The topological polar surface area (TPSA) is 27.7 Å². The van der Waals surface area contributed by atoms with Gasteiger partial charge in [0, 0.05) is 28.7 Å². The Hall–Kier alpha value is -1.53. The number of ether oxygens (including phenoxy) is 1. The molecule has 2 aromatic rings. The van der Waals surface area contributed by atoms with E-state index in [1.807, 2.05) is 30.3 Å². The molecule has 0 radical (unpaired) electrons. The van der Waals surface area contributed by atoms with E-state index in [1.165, 1.54) is 0 Å². The summed E-state index contributed by atoms with van der Waals surface area (Å²) in [7, 11) is 3.78. The van der Waals surface area contributed by atoms with Crippen LogP contribution in [0.2, 0.25) is 10.0 Å². The number of methoxy groups -OCH3 is 1. The molecule has 0 aromatic heterocycles. The van der Waals surface area contributed by atoms with Crippen molar-refractivity contribution in [1.29, 1.82) is 0 Å². The molecule has 150 valence electrons. The molecule has 0 amide bonds. The molecular weight excluding hydrogens is 413 g/mol. The minimum Gasteiger partial charge on any atom is -0.495 e. The molecule has 3 rings (SSSR count). The third kappa shape index (κ3) is 5.29. The van der Waals surface area contributed by atoms with E-state index < -0.39 is 0 Å². The standard InChI is InChI=1S/C21H25Cl2N3OS/c1-25-11-9-17(10-12-25)26(14-15-5-3-4-6-18(15)23)21(28)24-19-8-7-16(22)13-20(19)27-2/h3-8,13,17H,9-12,14H2,1-2H3,(H,24,28). The van der Waals surface area contributed by atoms with Gasteiger partial charge in [0.05, 0.1) is 12.8 Å². The average molecular weight is 438 g/mol. The number of thiocarbonyl (C=S) groups is 1. The zero-order chi connectivity index (χ0) is 20.1. The summed E-state index contributed by atoms with van der Waals surface area (Å²) in [4.78, 5) is 4.60. The van der Waals surface area contributed by atoms with Crippen LogP contribution in [0.3, 0.4) is 0 Å². The number of nitrogens with one attached hydrogen (secondary N) is 1. The van der Waals surface area contributed by atoms with Gasteiger partial charge in [0.2, 0.25) is 0 Å². The minimum absolute atomic E-state index is 0.353. The largest absolute Gasteiger partial charge is 0.495 e. The van der Waals surface area contributed by atoms with Crippen LogP contribution >= 0.6 is 35.4 Å². The highest BCUT2D eigenvalue weighted by atomic mass is 35.5. The summed E-state index contributed by atoms with van der Waals surface area (Å²) in [5.41, 5.74) is 1.87. The van der Waals surface area contributed by atoms with Crippen molar-refractivity contribution in [3.63, 3.8) is 0 Å². The van der Waals surface area contributed by atoms with Crippen LogP contribution in [0.5, 0.6) is 5.75 Å². The highest BCUT2D eigenvalue weighted by Gasteiger charge is 2.26. The van der Waals surface area contributed by atoms with Gasteiger partial charge in [0.1, 0.15) is 5.75 Å². The Bertz CT molecular complexity index is 825. The maximum atomic E-state index is 6.43. The molecule has 28 heavy (non-hydrogen) atoms. The van der Waals surface area contributed by atoms with Crippen molar-refractivity contribution in [2.24, 2.45) is 0 Å². The quantitative estimate of drug-likeness (QED) is 0.640. The zero-order valence-corrected chi connectivity index (χ0v) is 18.4. The average Bonchev–Trinajstić information content (AvgIpc) is 2.69. The van der Waals surface area contributed by atoms with Crippen molar-refractivity contribution in [3.8, 4) is 5.75 Å². The van der Waals surface area contributed by atoms with E-state index in [2.05, 4.69) is 28.2 Å². The number of hydrogen-bond acceptors (Lipinski definition) is 3. The van der Waals surface area contributed by atoms with Crippen LogP contribution in [0.4, 0.5) is 5.69 Å². The van der Waals surface area contributed by atoms with Crippen LogP contribution in [-0.4, -0.2) is 48.2 Å². The van der Waals surface area contributed by atoms with Gasteiger partial charge in [-0.2, -0.15) is 0 Å². The zero-order valence-electron chi connectivity index (χ0n) is 16.1. The van der Waals surface area contributed by atoms with E-state index >= 15 is 0 Å². The van der Waals surface area contributed by atoms with Gasteiger partial charge >= 0.3 is 0 Å². The first-order valence-electron chi connectivity index (χ1n) is 9.31. The molecule has 1 fully saturated rings. The normalized spacial score (nSPS) is 15.3. The summed E-state index contributed by atoms with van der Waals surface area (Å²) in [6.45, 7) is 2.77. The summed E-state index contributed by atoms with van der Waals surface area (Å²) < 4.78 is 5.45. The van der Waals surface area contributed by atoms with E-state index in [0.717, 1.165) is 42.2 Å². The van der Waals surface area contributed by atoms with Crippen molar-refractivity contribution in [2.75, 3.05) is 32.6 Å². The van der Waals surface area contributed by atoms with Gasteiger partial charge in [-0.25, -0.2) is 0 Å². The highest BCUT2D eigenvalue weighted by Crippen LogP contribution is 2.29. The highest BCUT2D eigenvalue weighted by molar-refractivity contribution is 7.80. The fourth-order valence-corrected chi connectivity index (χ4v) is 4.12. The third-order valence-electron chi connectivity index (χ3n) is 5.09. The Morgan fingerprint density at radius 1 is 1.21 bits per heavy atom. The van der Waals surface area contributed by atoms with E-state index in [1.54, 1.807) is 13.2 Å². The van der Waals surface area contributed by atoms with E-state index in [9.17, 15) is 0 Å².